The smallest absolute Gasteiger partial charge is 0.332 e. The van der Waals surface area contributed by atoms with Gasteiger partial charge in [-0.1, -0.05) is 18.2 Å². The topological polar surface area (TPSA) is 92.4 Å². The molecule has 0 spiro atoms. The van der Waals surface area contributed by atoms with Gasteiger partial charge in [0.1, 0.15) is 15.3 Å². The zero-order chi connectivity index (χ0) is 20.1. The number of piperidine rings is 1. The molecule has 7 nitrogen and oxygen atoms in total. The van der Waals surface area contributed by atoms with Crippen molar-refractivity contribution in [1.82, 2.24) is 9.47 Å². The van der Waals surface area contributed by atoms with Crippen LogP contribution in [0, 0.1) is 11.3 Å². The number of methoxy groups -OCH3 is 1. The molecule has 0 bridgehead atoms. The zero-order valence-electron chi connectivity index (χ0n) is 15.4. The van der Waals surface area contributed by atoms with Crippen LogP contribution in [0.15, 0.2) is 35.1 Å². The molecule has 0 aliphatic carbocycles. The van der Waals surface area contributed by atoms with Crippen molar-refractivity contribution in [2.75, 3.05) is 20.2 Å². The summed E-state index contributed by atoms with van der Waals surface area (Å²) < 4.78 is 6.23. The molecule has 0 atom stereocenters. The van der Waals surface area contributed by atoms with Crippen molar-refractivity contribution in [2.24, 2.45) is 0 Å². The monoisotopic (exact) mass is 397 g/mol. The molecule has 3 rings (SSSR count). The van der Waals surface area contributed by atoms with Gasteiger partial charge in [0.15, 0.2) is 5.57 Å². The van der Waals surface area contributed by atoms with Crippen molar-refractivity contribution in [3.8, 4) is 11.8 Å². The van der Waals surface area contributed by atoms with Crippen LogP contribution in [0.25, 0.3) is 17.3 Å². The van der Waals surface area contributed by atoms with E-state index in [1.165, 1.54) is 11.7 Å². The van der Waals surface area contributed by atoms with Gasteiger partial charge in [0, 0.05) is 19.2 Å². The number of rotatable bonds is 3. The molecule has 1 aliphatic rings. The van der Waals surface area contributed by atoms with E-state index in [1.807, 2.05) is 6.07 Å². The molecule has 1 amide bonds. The first kappa shape index (κ1) is 19.6. The Morgan fingerprint density at radius 1 is 1.18 bits per heavy atom. The summed E-state index contributed by atoms with van der Waals surface area (Å²) in [7, 11) is 1.22. The molecule has 8 heteroatoms. The van der Waals surface area contributed by atoms with Gasteiger partial charge in [0.2, 0.25) is 0 Å². The number of carbonyl (C=O) groups is 2. The Kier molecular flexibility index (Phi) is 6.06. The highest BCUT2D eigenvalue weighted by molar-refractivity contribution is 7.07. The molecule has 0 radical (unpaired) electrons. The molecule has 1 aliphatic heterocycles. The lowest BCUT2D eigenvalue weighted by Crippen LogP contribution is -2.39. The maximum atomic E-state index is 13.0. The molecule has 2 aromatic rings. The van der Waals surface area contributed by atoms with Crippen LogP contribution in [0.5, 0.6) is 0 Å². The van der Waals surface area contributed by atoms with E-state index in [4.69, 9.17) is 0 Å². The summed E-state index contributed by atoms with van der Waals surface area (Å²) in [6, 6.07) is 10.7. The Morgan fingerprint density at radius 3 is 2.46 bits per heavy atom. The summed E-state index contributed by atoms with van der Waals surface area (Å²) in [5.41, 5.74) is -0.0596. The third-order valence-corrected chi connectivity index (χ3v) is 5.56. The van der Waals surface area contributed by atoms with Crippen molar-refractivity contribution in [1.29, 1.82) is 5.26 Å². The summed E-state index contributed by atoms with van der Waals surface area (Å²) in [5.74, 6) is -1.07. The fourth-order valence-corrected chi connectivity index (χ4v) is 4.13. The van der Waals surface area contributed by atoms with Crippen molar-refractivity contribution in [3.05, 3.63) is 49.9 Å². The van der Waals surface area contributed by atoms with Gasteiger partial charge in [-0.05, 0) is 31.4 Å². The van der Waals surface area contributed by atoms with E-state index in [1.54, 1.807) is 35.2 Å². The second kappa shape index (κ2) is 8.67. The number of likely N-dealkylation sites (tertiary alicyclic amines) is 1. The standard InChI is InChI=1S/C20H19N3O4S/c1-27-17(24)12-16-19(26)23(14-8-4-2-5-9-14)20(28-16)15(13-21)18(25)22-10-6-3-7-11-22/h2,4-5,8-9,12H,3,6-7,10-11H2,1H3/b16-12-,20-15-. The molecule has 144 valence electrons. The Morgan fingerprint density at radius 2 is 1.86 bits per heavy atom. The van der Waals surface area contributed by atoms with E-state index in [-0.39, 0.29) is 14.8 Å². The number of thiazole rings is 1. The average Bonchev–Trinajstić information content (AvgIpc) is 3.05. The van der Waals surface area contributed by atoms with Gasteiger partial charge in [-0.3, -0.25) is 14.2 Å². The number of para-hydroxylation sites is 1. The van der Waals surface area contributed by atoms with E-state index >= 15 is 0 Å². The minimum absolute atomic E-state index is 0.0997. The lowest BCUT2D eigenvalue weighted by atomic mass is 10.1. The fraction of sp³-hybridized carbons (Fsp3) is 0.300. The van der Waals surface area contributed by atoms with Gasteiger partial charge in [0.05, 0.1) is 12.8 Å². The predicted molar refractivity (Wildman–Crippen MR) is 105 cm³/mol. The summed E-state index contributed by atoms with van der Waals surface area (Å²) >= 11 is 0.937. The maximum absolute atomic E-state index is 13.0. The van der Waals surface area contributed by atoms with E-state index in [2.05, 4.69) is 4.74 Å². The van der Waals surface area contributed by atoms with Crippen LogP contribution < -0.4 is 14.8 Å². The third kappa shape index (κ3) is 3.89. The van der Waals surface area contributed by atoms with Crippen LogP contribution in [-0.2, 0) is 14.3 Å². The second-order valence-corrected chi connectivity index (χ2v) is 7.29. The summed E-state index contributed by atoms with van der Waals surface area (Å²) in [6.07, 6.45) is 3.91. The lowest BCUT2D eigenvalue weighted by molar-refractivity contribution is -0.133. The number of hydrogen-bond acceptors (Lipinski definition) is 6. The van der Waals surface area contributed by atoms with Crippen LogP contribution in [0.3, 0.4) is 0 Å². The minimum atomic E-state index is -0.675. The molecule has 0 saturated carbocycles. The number of nitrogens with zero attached hydrogens (tertiary/aromatic N) is 3. The third-order valence-electron chi connectivity index (χ3n) is 4.47. The van der Waals surface area contributed by atoms with Gasteiger partial charge in [0.25, 0.3) is 11.5 Å². The summed E-state index contributed by atoms with van der Waals surface area (Å²) in [4.78, 5) is 39.2. The predicted octanol–water partition coefficient (Wildman–Crippen LogP) is 0.539. The Hall–Kier alpha value is -3.18. The van der Waals surface area contributed by atoms with Crippen molar-refractivity contribution < 1.29 is 14.3 Å². The lowest BCUT2D eigenvalue weighted by Gasteiger charge is -2.26. The van der Waals surface area contributed by atoms with E-state index in [0.717, 1.165) is 36.7 Å². The van der Waals surface area contributed by atoms with Gasteiger partial charge < -0.3 is 9.64 Å². The normalized spacial score (nSPS) is 15.7. The number of hydrogen-bond donors (Lipinski definition) is 0. The SMILES string of the molecule is COC(=O)/C=c1\s/c(=C(/C#N)C(=O)N2CCCCC2)n(-c2ccccc2)c1=O. The molecule has 0 unspecified atom stereocenters. The molecular formula is C20H19N3O4S. The first-order valence-electron chi connectivity index (χ1n) is 8.87. The summed E-state index contributed by atoms with van der Waals surface area (Å²) in [5, 5.41) is 9.74. The van der Waals surface area contributed by atoms with Crippen LogP contribution >= 0.6 is 11.3 Å². The minimum Gasteiger partial charge on any atom is -0.466 e. The number of esters is 1. The van der Waals surface area contributed by atoms with Gasteiger partial charge in [-0.25, -0.2) is 4.79 Å². The number of ether oxygens (including phenoxy) is 1. The van der Waals surface area contributed by atoms with E-state index < -0.39 is 17.4 Å². The van der Waals surface area contributed by atoms with Crippen molar-refractivity contribution in [3.63, 3.8) is 0 Å². The van der Waals surface area contributed by atoms with Crippen molar-refractivity contribution in [2.45, 2.75) is 19.3 Å². The fourth-order valence-electron chi connectivity index (χ4n) is 3.07. The van der Waals surface area contributed by atoms with Crippen molar-refractivity contribution >= 4 is 34.9 Å². The molecule has 1 saturated heterocycles. The van der Waals surface area contributed by atoms with Crippen LogP contribution in [0.2, 0.25) is 0 Å². The van der Waals surface area contributed by atoms with Gasteiger partial charge in [-0.2, -0.15) is 5.26 Å². The highest BCUT2D eigenvalue weighted by Gasteiger charge is 2.23. The Labute approximate surface area is 165 Å². The molecule has 0 N–H and O–H groups in total. The maximum Gasteiger partial charge on any atom is 0.332 e. The Bertz CT molecular complexity index is 1100. The first-order valence-corrected chi connectivity index (χ1v) is 9.69. The van der Waals surface area contributed by atoms with E-state index in [9.17, 15) is 19.6 Å². The number of nitriles is 1. The number of benzene rings is 1. The second-order valence-electron chi connectivity index (χ2n) is 6.25. The molecular weight excluding hydrogens is 378 g/mol. The van der Waals surface area contributed by atoms with Gasteiger partial charge in [-0.15, -0.1) is 11.3 Å². The summed E-state index contributed by atoms with van der Waals surface area (Å²) in [6.45, 7) is 1.18. The molecule has 1 aromatic heterocycles. The van der Waals surface area contributed by atoms with Crippen LogP contribution in [0.1, 0.15) is 19.3 Å². The molecule has 1 aromatic carbocycles. The highest BCUT2D eigenvalue weighted by atomic mass is 32.1. The Balaban J connectivity index is 2.30. The molecule has 28 heavy (non-hydrogen) atoms. The van der Waals surface area contributed by atoms with E-state index in [0.29, 0.717) is 18.8 Å². The number of carbonyl (C=O) groups excluding carboxylic acids is 2. The number of amides is 1. The molecule has 2 heterocycles. The average molecular weight is 397 g/mol. The zero-order valence-corrected chi connectivity index (χ0v) is 16.2. The molecule has 1 fully saturated rings. The van der Waals surface area contributed by atoms with Gasteiger partial charge >= 0.3 is 5.97 Å². The first-order chi connectivity index (χ1) is 13.6. The number of aromatic nitrogens is 1. The highest BCUT2D eigenvalue weighted by Crippen LogP contribution is 2.12. The largest absolute Gasteiger partial charge is 0.466 e. The van der Waals surface area contributed by atoms with Crippen LogP contribution in [0.4, 0.5) is 0 Å². The quantitative estimate of drug-likeness (QED) is 0.705. The van der Waals surface area contributed by atoms with Crippen LogP contribution in [-0.4, -0.2) is 41.5 Å².